The van der Waals surface area contributed by atoms with Gasteiger partial charge >= 0.3 is 295 Å². The third kappa shape index (κ3) is 10.2. The SMILES string of the molecule is O=C(O)CCP(CCC(=O)O)(CCC(=O)O)(CCC(=O)O)Oc1ccc(C(c2ccc(O)cc2)C(c2ccc(O)cc2)c2ccc(O)cc2)cc1. The van der Waals surface area contributed by atoms with E-state index in [1.807, 2.05) is 0 Å². The van der Waals surface area contributed by atoms with Crippen LogP contribution in [0.25, 0.3) is 0 Å². The fraction of sp³-hybridized carbons (Fsp3) is 0.263. The molecule has 12 nitrogen and oxygen atoms in total. The van der Waals surface area contributed by atoms with Crippen molar-refractivity contribution in [3.63, 3.8) is 0 Å². The van der Waals surface area contributed by atoms with Crippen molar-refractivity contribution >= 4 is 30.7 Å². The van der Waals surface area contributed by atoms with Gasteiger partial charge in [0.15, 0.2) is 0 Å². The van der Waals surface area contributed by atoms with E-state index in [-0.39, 0.29) is 53.6 Å². The van der Waals surface area contributed by atoms with Gasteiger partial charge in [0.25, 0.3) is 0 Å². The number of benzene rings is 4. The van der Waals surface area contributed by atoms with E-state index < -0.39 is 62.3 Å². The normalized spacial score (nSPS) is 12.8. The first kappa shape index (κ1) is 38.2. The van der Waals surface area contributed by atoms with Crippen LogP contribution >= 0.6 is 6.83 Å². The first-order valence-corrected chi connectivity index (χ1v) is 19.1. The van der Waals surface area contributed by atoms with Crippen molar-refractivity contribution < 1.29 is 59.4 Å². The Hall–Kier alpha value is -5.61. The van der Waals surface area contributed by atoms with Gasteiger partial charge in [-0.15, -0.1) is 0 Å². The van der Waals surface area contributed by atoms with Gasteiger partial charge in [0.05, 0.1) is 0 Å². The Morgan fingerprint density at radius 1 is 0.431 bits per heavy atom. The van der Waals surface area contributed by atoms with E-state index in [1.165, 1.54) is 0 Å². The molecule has 7 N–H and O–H groups in total. The zero-order valence-electron chi connectivity index (χ0n) is 27.7. The second-order valence-corrected chi connectivity index (χ2v) is 18.4. The van der Waals surface area contributed by atoms with Crippen LogP contribution in [0.1, 0.15) is 59.8 Å². The maximum atomic E-state index is 11.8. The molecule has 1 unspecified atom stereocenters. The van der Waals surface area contributed by atoms with Gasteiger partial charge in [-0.05, 0) is 0 Å². The van der Waals surface area contributed by atoms with Crippen molar-refractivity contribution in [1.82, 2.24) is 0 Å². The molecule has 0 aromatic heterocycles. The maximum absolute atomic E-state index is 11.8. The summed E-state index contributed by atoms with van der Waals surface area (Å²) in [6.45, 7) is -4.20. The summed E-state index contributed by atoms with van der Waals surface area (Å²) in [7, 11) is 0. The molecule has 4 rings (SSSR count). The number of aliphatic carboxylic acids is 4. The number of phenolic OH excluding ortho intramolecular Hbond substituents is 3. The molecule has 270 valence electrons. The monoisotopic (exact) mass is 720 g/mol. The number of rotatable bonds is 19. The number of hydrogen-bond donors (Lipinski definition) is 7. The van der Waals surface area contributed by atoms with Crippen LogP contribution in [0.15, 0.2) is 97.1 Å². The molecule has 0 fully saturated rings. The van der Waals surface area contributed by atoms with Gasteiger partial charge in [-0.3, -0.25) is 0 Å². The summed E-state index contributed by atoms with van der Waals surface area (Å²) < 4.78 is 6.69. The van der Waals surface area contributed by atoms with E-state index in [9.17, 15) is 54.9 Å². The third-order valence-corrected chi connectivity index (χ3v) is 15.4. The first-order chi connectivity index (χ1) is 24.2. The molecule has 0 aliphatic rings. The molecule has 0 heterocycles. The Morgan fingerprint density at radius 2 is 0.667 bits per heavy atom. The fourth-order valence-electron chi connectivity index (χ4n) is 6.60. The molecule has 13 heteroatoms. The van der Waals surface area contributed by atoms with Gasteiger partial charge in [0.1, 0.15) is 0 Å². The number of phenols is 3. The Balaban J connectivity index is 1.88. The van der Waals surface area contributed by atoms with Crippen LogP contribution < -0.4 is 4.52 Å². The Labute approximate surface area is 294 Å². The van der Waals surface area contributed by atoms with E-state index in [1.54, 1.807) is 97.1 Å². The van der Waals surface area contributed by atoms with Crippen LogP contribution in [0.5, 0.6) is 23.0 Å². The predicted octanol–water partition coefficient (Wildman–Crippen LogP) is 6.51. The molecule has 0 saturated carbocycles. The third-order valence-electron chi connectivity index (χ3n) is 9.26. The van der Waals surface area contributed by atoms with Gasteiger partial charge in [-0.2, -0.15) is 0 Å². The molecule has 4 aromatic carbocycles. The average molecular weight is 721 g/mol. The molecule has 51 heavy (non-hydrogen) atoms. The number of carbonyl (C=O) groups is 4. The Kier molecular flexibility index (Phi) is 12.3. The summed E-state index contributed by atoms with van der Waals surface area (Å²) in [4.78, 5) is 47.4. The first-order valence-electron chi connectivity index (χ1n) is 16.2. The van der Waals surface area contributed by atoms with E-state index in [4.69, 9.17) is 4.52 Å². The van der Waals surface area contributed by atoms with Crippen molar-refractivity contribution in [2.45, 2.75) is 37.5 Å². The van der Waals surface area contributed by atoms with Gasteiger partial charge in [-0.1, -0.05) is 0 Å². The Bertz CT molecular complexity index is 1690. The van der Waals surface area contributed by atoms with Crippen molar-refractivity contribution in [2.24, 2.45) is 0 Å². The standard InChI is InChI=1S/C38H41O12P/c39-29-9-1-25(2-10-29)37(26-3-11-30(40)12-4-26)38(27-5-13-31(41)14-6-27)28-7-15-32(16-8-28)50-51(21-17-33(42)43,22-18-34(44)45,23-19-35(46)47)24-20-36(48)49/h1-16,37-41H,17-24H2,(H,42,43)(H,44,45)(H,46,47)(H,48,49). The fourth-order valence-corrected chi connectivity index (χ4v) is 12.1. The molecule has 0 spiro atoms. The van der Waals surface area contributed by atoms with Crippen LogP contribution in [0.3, 0.4) is 0 Å². The molecule has 0 aliphatic carbocycles. The predicted molar refractivity (Wildman–Crippen MR) is 190 cm³/mol. The van der Waals surface area contributed by atoms with Crippen molar-refractivity contribution in [1.29, 1.82) is 0 Å². The van der Waals surface area contributed by atoms with Crippen LogP contribution in [0.4, 0.5) is 0 Å². The molecule has 0 amide bonds. The van der Waals surface area contributed by atoms with E-state index >= 15 is 0 Å². The Morgan fingerprint density at radius 3 is 0.902 bits per heavy atom. The molecular weight excluding hydrogens is 679 g/mol. The van der Waals surface area contributed by atoms with Crippen LogP contribution in [0.2, 0.25) is 0 Å². The van der Waals surface area contributed by atoms with E-state index in [2.05, 4.69) is 0 Å². The second-order valence-electron chi connectivity index (χ2n) is 12.7. The van der Waals surface area contributed by atoms with Gasteiger partial charge < -0.3 is 0 Å². The molecule has 0 radical (unpaired) electrons. The number of carboxylic acid groups (broad SMARTS) is 4. The minimum atomic E-state index is -4.20. The molecule has 4 aromatic rings. The van der Waals surface area contributed by atoms with Gasteiger partial charge in [0.2, 0.25) is 0 Å². The zero-order valence-corrected chi connectivity index (χ0v) is 28.6. The van der Waals surface area contributed by atoms with Crippen LogP contribution in [-0.4, -0.2) is 84.3 Å². The van der Waals surface area contributed by atoms with E-state index in [0.29, 0.717) is 0 Å². The van der Waals surface area contributed by atoms with Crippen molar-refractivity contribution in [3.05, 3.63) is 119 Å². The van der Waals surface area contributed by atoms with Gasteiger partial charge in [-0.25, -0.2) is 0 Å². The minimum absolute atomic E-state index is 0.0591. The summed E-state index contributed by atoms with van der Waals surface area (Å²) in [6.07, 6.45) is -2.74. The van der Waals surface area contributed by atoms with Crippen LogP contribution in [-0.2, 0) is 19.2 Å². The summed E-state index contributed by atoms with van der Waals surface area (Å²) >= 11 is 0. The van der Waals surface area contributed by atoms with Crippen LogP contribution in [0, 0.1) is 0 Å². The number of carboxylic acids is 4. The zero-order chi connectivity index (χ0) is 37.2. The molecule has 1 atom stereocenters. The number of aromatic hydroxyl groups is 3. The molecular formula is C38H41O12P. The molecule has 0 aliphatic heterocycles. The van der Waals surface area contributed by atoms with E-state index in [0.717, 1.165) is 22.3 Å². The quantitative estimate of drug-likeness (QED) is 0.0516. The average Bonchev–Trinajstić information content (AvgIpc) is 3.09. The van der Waals surface area contributed by atoms with Crippen molar-refractivity contribution in [3.8, 4) is 23.0 Å². The topological polar surface area (TPSA) is 219 Å². The summed E-state index contributed by atoms with van der Waals surface area (Å²) in [5, 5.41) is 68.9. The van der Waals surface area contributed by atoms with Gasteiger partial charge in [0, 0.05) is 0 Å². The molecule has 0 saturated heterocycles. The van der Waals surface area contributed by atoms with Crippen molar-refractivity contribution in [2.75, 3.05) is 24.6 Å². The molecule has 0 bridgehead atoms. The number of hydrogen-bond acceptors (Lipinski definition) is 8. The second kappa shape index (κ2) is 16.4. The summed E-state index contributed by atoms with van der Waals surface area (Å²) in [5.41, 5.74) is 3.21. The summed E-state index contributed by atoms with van der Waals surface area (Å²) in [6, 6.07) is 26.9. The summed E-state index contributed by atoms with van der Waals surface area (Å²) in [5.74, 6) is -5.26.